The molecule has 0 aliphatic rings. The number of hydrogen-bond acceptors (Lipinski definition) is 0. The standard InChI is InChI=1S/2C8H10/c1-7-3-5-8(2)6-4-7;1-7-4-3-5-8(2)6-7/h2*3-6H,1-2H3/i2*3D,4D,5D,6D. The van der Waals surface area contributed by atoms with E-state index < -0.39 is 0 Å². The van der Waals surface area contributed by atoms with Gasteiger partial charge in [-0.25, -0.2) is 0 Å². The van der Waals surface area contributed by atoms with Crippen molar-refractivity contribution in [3.05, 3.63) is 70.6 Å². The van der Waals surface area contributed by atoms with E-state index in [9.17, 15) is 0 Å². The van der Waals surface area contributed by atoms with Crippen LogP contribution >= 0.6 is 0 Å². The molecule has 0 saturated heterocycles. The van der Waals surface area contributed by atoms with Crippen molar-refractivity contribution in [2.45, 2.75) is 27.7 Å². The van der Waals surface area contributed by atoms with Gasteiger partial charge in [0.25, 0.3) is 0 Å². The Kier molecular flexibility index (Phi) is 1.98. The minimum atomic E-state index is -0.0824. The molecule has 84 valence electrons. The van der Waals surface area contributed by atoms with Crippen LogP contribution in [0.3, 0.4) is 0 Å². The van der Waals surface area contributed by atoms with E-state index >= 15 is 0 Å². The third-order valence-corrected chi connectivity index (χ3v) is 1.75. The maximum atomic E-state index is 7.50. The number of benzene rings is 2. The van der Waals surface area contributed by atoms with Crippen molar-refractivity contribution in [2.24, 2.45) is 0 Å². The van der Waals surface area contributed by atoms with Crippen LogP contribution in [-0.4, -0.2) is 0 Å². The van der Waals surface area contributed by atoms with Gasteiger partial charge < -0.3 is 0 Å². The SMILES string of the molecule is [2H]c1c([2H])c(C)c([2H])c(C)c1[2H].[2H]c1c([2H])c(C)c([2H])c([2H])c1C. The normalized spacial score (nSPS) is 16.2. The van der Waals surface area contributed by atoms with E-state index in [2.05, 4.69) is 0 Å². The Bertz CT molecular complexity index is 518. The van der Waals surface area contributed by atoms with Crippen LogP contribution in [0.2, 0.25) is 0 Å². The molecule has 0 unspecified atom stereocenters. The molecule has 0 bridgehead atoms. The summed E-state index contributed by atoms with van der Waals surface area (Å²) in [5.74, 6) is 0. The van der Waals surface area contributed by atoms with E-state index in [1.807, 2.05) is 0 Å². The van der Waals surface area contributed by atoms with Crippen molar-refractivity contribution in [2.75, 3.05) is 0 Å². The van der Waals surface area contributed by atoms with Crippen LogP contribution in [0.25, 0.3) is 0 Å². The predicted octanol–water partition coefficient (Wildman–Crippen LogP) is 4.61. The van der Waals surface area contributed by atoms with Gasteiger partial charge in [-0.1, -0.05) is 70.6 Å². The van der Waals surface area contributed by atoms with Crippen LogP contribution in [0.5, 0.6) is 0 Å². The molecule has 0 atom stereocenters. The van der Waals surface area contributed by atoms with Gasteiger partial charge in [-0.2, -0.15) is 0 Å². The lowest BCUT2D eigenvalue weighted by molar-refractivity contribution is 1.39. The van der Waals surface area contributed by atoms with E-state index in [0.717, 1.165) is 0 Å². The van der Waals surface area contributed by atoms with Gasteiger partial charge in [0.2, 0.25) is 0 Å². The molecule has 0 N–H and O–H groups in total. The van der Waals surface area contributed by atoms with Crippen LogP contribution in [0.1, 0.15) is 33.2 Å². The second-order valence-corrected chi connectivity index (χ2v) is 3.50. The second kappa shape index (κ2) is 6.12. The lowest BCUT2D eigenvalue weighted by Crippen LogP contribution is -1.71. The zero-order chi connectivity index (χ0) is 18.9. The van der Waals surface area contributed by atoms with Gasteiger partial charge in [-0.15, -0.1) is 0 Å². The smallest absolute Gasteiger partial charge is 0.0617 e. The van der Waals surface area contributed by atoms with Gasteiger partial charge in [-0.05, 0) is 27.7 Å². The van der Waals surface area contributed by atoms with Gasteiger partial charge in [0.1, 0.15) is 0 Å². The Hall–Kier alpha value is -1.56. The molecule has 0 heterocycles. The van der Waals surface area contributed by atoms with Crippen molar-refractivity contribution in [3.8, 4) is 0 Å². The Morgan fingerprint density at radius 2 is 1.00 bits per heavy atom. The fourth-order valence-corrected chi connectivity index (χ4v) is 1.00. The summed E-state index contributed by atoms with van der Waals surface area (Å²) in [6.45, 7) is 6.46. The maximum Gasteiger partial charge on any atom is 0.0628 e. The monoisotopic (exact) mass is 220 g/mol. The van der Waals surface area contributed by atoms with Crippen molar-refractivity contribution in [3.63, 3.8) is 0 Å². The molecule has 0 radical (unpaired) electrons. The fourth-order valence-electron chi connectivity index (χ4n) is 1.00. The zero-order valence-electron chi connectivity index (χ0n) is 18.0. The second-order valence-electron chi connectivity index (χ2n) is 3.50. The molecule has 0 amide bonds. The Morgan fingerprint density at radius 1 is 0.625 bits per heavy atom. The van der Waals surface area contributed by atoms with E-state index in [1.54, 1.807) is 27.7 Å². The summed E-state index contributed by atoms with van der Waals surface area (Å²) in [6, 6.07) is 0.372. The van der Waals surface area contributed by atoms with Crippen molar-refractivity contribution < 1.29 is 11.0 Å². The largest absolute Gasteiger partial charge is 0.0628 e. The van der Waals surface area contributed by atoms with E-state index in [-0.39, 0.29) is 48.3 Å². The molecule has 16 heavy (non-hydrogen) atoms. The topological polar surface area (TPSA) is 0 Å². The Morgan fingerprint density at radius 3 is 1.38 bits per heavy atom. The lowest BCUT2D eigenvalue weighted by Gasteiger charge is -1.90. The molecule has 0 aromatic heterocycles. The molecular formula is C16H20. The van der Waals surface area contributed by atoms with E-state index in [4.69, 9.17) is 11.0 Å². The molecule has 0 aliphatic heterocycles. The van der Waals surface area contributed by atoms with Crippen molar-refractivity contribution in [1.82, 2.24) is 0 Å². The molecule has 2 aromatic rings. The van der Waals surface area contributed by atoms with Gasteiger partial charge >= 0.3 is 0 Å². The van der Waals surface area contributed by atoms with Crippen molar-refractivity contribution >= 4 is 0 Å². The van der Waals surface area contributed by atoms with Crippen LogP contribution in [0, 0.1) is 27.7 Å². The molecular weight excluding hydrogens is 192 g/mol. The first-order chi connectivity index (χ1) is 10.9. The minimum absolute atomic E-state index is 0.00407. The van der Waals surface area contributed by atoms with Crippen LogP contribution in [-0.2, 0) is 0 Å². The molecule has 0 fully saturated rings. The highest BCUT2D eigenvalue weighted by atomic mass is 13.9. The van der Waals surface area contributed by atoms with E-state index in [0.29, 0.717) is 22.3 Å². The van der Waals surface area contributed by atoms with Crippen LogP contribution < -0.4 is 0 Å². The first-order valence-corrected chi connectivity index (χ1v) is 5.00. The highest BCUT2D eigenvalue weighted by Gasteiger charge is 1.81. The summed E-state index contributed by atoms with van der Waals surface area (Å²) in [6.07, 6.45) is 0. The number of hydrogen-bond donors (Lipinski definition) is 0. The summed E-state index contributed by atoms with van der Waals surface area (Å²) >= 11 is 0. The minimum Gasteiger partial charge on any atom is -0.0617 e. The van der Waals surface area contributed by atoms with Gasteiger partial charge in [0, 0.05) is 0 Å². The Labute approximate surface area is 110 Å². The Balaban J connectivity index is 0.000000240. The highest BCUT2D eigenvalue weighted by Crippen LogP contribution is 2.00. The molecule has 0 spiro atoms. The highest BCUT2D eigenvalue weighted by molar-refractivity contribution is 5.20. The first kappa shape index (κ1) is 5.18. The van der Waals surface area contributed by atoms with Crippen LogP contribution in [0.4, 0.5) is 0 Å². The number of rotatable bonds is 0. The quantitative estimate of drug-likeness (QED) is 0.608. The summed E-state index contributed by atoms with van der Waals surface area (Å²) in [7, 11) is 0. The third kappa shape index (κ3) is 4.79. The van der Waals surface area contributed by atoms with Crippen molar-refractivity contribution in [1.29, 1.82) is 0 Å². The first-order valence-electron chi connectivity index (χ1n) is 9.00. The molecule has 0 nitrogen and oxygen atoms in total. The molecule has 0 aliphatic carbocycles. The summed E-state index contributed by atoms with van der Waals surface area (Å²) in [5, 5.41) is 0. The van der Waals surface area contributed by atoms with E-state index in [1.165, 1.54) is 0 Å². The maximum absolute atomic E-state index is 7.50. The summed E-state index contributed by atoms with van der Waals surface area (Å²) < 4.78 is 59.4. The molecule has 0 saturated carbocycles. The molecule has 2 aromatic carbocycles. The van der Waals surface area contributed by atoms with Gasteiger partial charge in [0.05, 0.1) is 11.0 Å². The van der Waals surface area contributed by atoms with Gasteiger partial charge in [0.15, 0.2) is 0 Å². The molecule has 2 rings (SSSR count). The summed E-state index contributed by atoms with van der Waals surface area (Å²) in [5.41, 5.74) is 1.79. The fraction of sp³-hybridized carbons (Fsp3) is 0.250. The lowest BCUT2D eigenvalue weighted by atomic mass is 10.2. The van der Waals surface area contributed by atoms with Crippen LogP contribution in [0.15, 0.2) is 48.3 Å². The van der Waals surface area contributed by atoms with Gasteiger partial charge in [-0.3, -0.25) is 0 Å². The zero-order valence-corrected chi connectivity index (χ0v) is 10.0. The summed E-state index contributed by atoms with van der Waals surface area (Å²) in [4.78, 5) is 0. The third-order valence-electron chi connectivity index (χ3n) is 1.75. The predicted molar refractivity (Wildman–Crippen MR) is 71.8 cm³/mol. The average molecular weight is 220 g/mol. The molecule has 0 heteroatoms. The average Bonchev–Trinajstić information content (AvgIpc) is 2.58.